The Morgan fingerprint density at radius 1 is 1.24 bits per heavy atom. The number of halogens is 1. The second-order valence-corrected chi connectivity index (χ2v) is 5.63. The van der Waals surface area contributed by atoms with Crippen LogP contribution >= 0.6 is 11.6 Å². The molecule has 21 heavy (non-hydrogen) atoms. The molecule has 1 unspecified atom stereocenters. The van der Waals surface area contributed by atoms with Crippen molar-refractivity contribution in [2.24, 2.45) is 0 Å². The van der Waals surface area contributed by atoms with E-state index >= 15 is 0 Å². The van der Waals surface area contributed by atoms with Crippen LogP contribution in [0.5, 0.6) is 5.75 Å². The quantitative estimate of drug-likeness (QED) is 0.922. The molecule has 1 aromatic carbocycles. The summed E-state index contributed by atoms with van der Waals surface area (Å²) in [5.41, 5.74) is 0. The summed E-state index contributed by atoms with van der Waals surface area (Å²) in [6.07, 6.45) is 1.12. The highest BCUT2D eigenvalue weighted by Crippen LogP contribution is 2.27. The van der Waals surface area contributed by atoms with E-state index in [0.717, 1.165) is 37.6 Å². The maximum atomic E-state index is 9.00. The number of likely N-dealkylation sites (tertiary alicyclic amines) is 1. The van der Waals surface area contributed by atoms with Crippen molar-refractivity contribution >= 4 is 11.6 Å². The van der Waals surface area contributed by atoms with E-state index in [9.17, 15) is 0 Å². The summed E-state index contributed by atoms with van der Waals surface area (Å²) in [5.74, 6) is 2.22. The van der Waals surface area contributed by atoms with Crippen molar-refractivity contribution in [1.29, 1.82) is 0 Å². The molecular weight excluding hydrogens is 290 g/mol. The molecule has 0 amide bonds. The van der Waals surface area contributed by atoms with E-state index in [1.165, 1.54) is 0 Å². The van der Waals surface area contributed by atoms with Gasteiger partial charge >= 0.3 is 0 Å². The largest absolute Gasteiger partial charge is 0.487 e. The molecule has 2 aromatic rings. The van der Waals surface area contributed by atoms with Crippen LogP contribution in [-0.4, -0.2) is 29.2 Å². The van der Waals surface area contributed by atoms with E-state index < -0.39 is 0 Å². The predicted molar refractivity (Wildman–Crippen MR) is 80.4 cm³/mol. The van der Waals surface area contributed by atoms with Crippen molar-refractivity contribution in [2.75, 3.05) is 13.1 Å². The van der Waals surface area contributed by atoms with Gasteiger partial charge in [0.1, 0.15) is 30.0 Å². The smallest absolute Gasteiger partial charge is 0.138 e. The number of ether oxygens (including phenoxy) is 1. The molecule has 0 saturated carbocycles. The van der Waals surface area contributed by atoms with Crippen molar-refractivity contribution in [3.05, 3.63) is 52.9 Å². The minimum atomic E-state index is -0.0573. The third-order valence-electron chi connectivity index (χ3n) is 3.61. The number of nitrogens with zero attached hydrogens (tertiary/aromatic N) is 1. The summed E-state index contributed by atoms with van der Waals surface area (Å²) in [6, 6.07) is 11.3. The van der Waals surface area contributed by atoms with Crippen LogP contribution < -0.4 is 4.74 Å². The Morgan fingerprint density at radius 2 is 2.05 bits per heavy atom. The van der Waals surface area contributed by atoms with Crippen molar-refractivity contribution in [3.63, 3.8) is 0 Å². The maximum absolute atomic E-state index is 9.00. The van der Waals surface area contributed by atoms with Gasteiger partial charge in [0.2, 0.25) is 0 Å². The molecule has 1 atom stereocenters. The Labute approximate surface area is 128 Å². The molecule has 1 aliphatic heterocycles. The molecule has 0 spiro atoms. The van der Waals surface area contributed by atoms with Crippen molar-refractivity contribution in [3.8, 4) is 5.75 Å². The van der Waals surface area contributed by atoms with Crippen LogP contribution in [-0.2, 0) is 13.2 Å². The SMILES string of the molecule is OCc1ccc(CN2CCC(Oc3ccccc3Cl)C2)o1. The number of benzene rings is 1. The van der Waals surface area contributed by atoms with Gasteiger partial charge in [0, 0.05) is 13.1 Å². The Bertz CT molecular complexity index is 599. The van der Waals surface area contributed by atoms with E-state index in [0.29, 0.717) is 10.8 Å². The maximum Gasteiger partial charge on any atom is 0.138 e. The lowest BCUT2D eigenvalue weighted by Gasteiger charge is -2.16. The number of aliphatic hydroxyl groups excluding tert-OH is 1. The van der Waals surface area contributed by atoms with E-state index in [1.54, 1.807) is 0 Å². The van der Waals surface area contributed by atoms with Crippen molar-refractivity contribution in [1.82, 2.24) is 4.90 Å². The molecule has 1 aliphatic rings. The Hall–Kier alpha value is -1.49. The van der Waals surface area contributed by atoms with Gasteiger partial charge in [-0.2, -0.15) is 0 Å². The van der Waals surface area contributed by atoms with Gasteiger partial charge in [-0.15, -0.1) is 0 Å². The monoisotopic (exact) mass is 307 g/mol. The molecule has 3 rings (SSSR count). The van der Waals surface area contributed by atoms with Crippen LogP contribution in [0.1, 0.15) is 17.9 Å². The van der Waals surface area contributed by atoms with Gasteiger partial charge in [0.25, 0.3) is 0 Å². The lowest BCUT2D eigenvalue weighted by atomic mass is 10.3. The first-order valence-electron chi connectivity index (χ1n) is 7.06. The fourth-order valence-electron chi connectivity index (χ4n) is 2.57. The van der Waals surface area contributed by atoms with Gasteiger partial charge in [-0.05, 0) is 30.7 Å². The summed E-state index contributed by atoms with van der Waals surface area (Å²) >= 11 is 6.11. The van der Waals surface area contributed by atoms with E-state index in [4.69, 9.17) is 25.9 Å². The first kappa shape index (κ1) is 14.4. The molecule has 4 nitrogen and oxygen atoms in total. The molecule has 112 valence electrons. The molecule has 1 aromatic heterocycles. The van der Waals surface area contributed by atoms with Crippen LogP contribution in [0.3, 0.4) is 0 Å². The highest BCUT2D eigenvalue weighted by Gasteiger charge is 2.25. The lowest BCUT2D eigenvalue weighted by Crippen LogP contribution is -2.24. The number of hydrogen-bond donors (Lipinski definition) is 1. The first-order chi connectivity index (χ1) is 10.2. The molecule has 1 saturated heterocycles. The fraction of sp³-hybridized carbons (Fsp3) is 0.375. The predicted octanol–water partition coefficient (Wildman–Crippen LogP) is 3.08. The third-order valence-corrected chi connectivity index (χ3v) is 3.92. The Morgan fingerprint density at radius 3 is 2.81 bits per heavy atom. The van der Waals surface area contributed by atoms with Gasteiger partial charge in [-0.3, -0.25) is 4.90 Å². The number of hydrogen-bond acceptors (Lipinski definition) is 4. The van der Waals surface area contributed by atoms with Crippen LogP contribution in [0, 0.1) is 0 Å². The second-order valence-electron chi connectivity index (χ2n) is 5.22. The lowest BCUT2D eigenvalue weighted by molar-refractivity contribution is 0.191. The minimum Gasteiger partial charge on any atom is -0.487 e. The van der Waals surface area contributed by atoms with Gasteiger partial charge in [-0.1, -0.05) is 23.7 Å². The van der Waals surface area contributed by atoms with Crippen LogP contribution in [0.25, 0.3) is 0 Å². The second kappa shape index (κ2) is 6.52. The number of para-hydroxylation sites is 1. The fourth-order valence-corrected chi connectivity index (χ4v) is 2.75. The number of rotatable bonds is 5. The first-order valence-corrected chi connectivity index (χ1v) is 7.44. The van der Waals surface area contributed by atoms with Crippen molar-refractivity contribution < 1.29 is 14.3 Å². The molecule has 5 heteroatoms. The van der Waals surface area contributed by atoms with E-state index in [2.05, 4.69) is 4.90 Å². The summed E-state index contributed by atoms with van der Waals surface area (Å²) in [5, 5.41) is 9.65. The standard InChI is InChI=1S/C16H18ClNO3/c17-15-3-1-2-4-16(15)21-13-7-8-18(10-13)9-12-5-6-14(11-19)20-12/h1-6,13,19H,7-11H2. The molecule has 2 heterocycles. The molecule has 0 bridgehead atoms. The van der Waals surface area contributed by atoms with Gasteiger partial charge in [0.05, 0.1) is 11.6 Å². The summed E-state index contributed by atoms with van der Waals surface area (Å²) in [7, 11) is 0. The average molecular weight is 308 g/mol. The zero-order valence-electron chi connectivity index (χ0n) is 11.7. The molecule has 1 N–H and O–H groups in total. The Kier molecular flexibility index (Phi) is 4.48. The highest BCUT2D eigenvalue weighted by atomic mass is 35.5. The summed E-state index contributed by atoms with van der Waals surface area (Å²) in [4.78, 5) is 2.28. The third kappa shape index (κ3) is 3.59. The Balaban J connectivity index is 1.54. The van der Waals surface area contributed by atoms with Gasteiger partial charge < -0.3 is 14.3 Å². The van der Waals surface area contributed by atoms with Crippen LogP contribution in [0.15, 0.2) is 40.8 Å². The zero-order chi connectivity index (χ0) is 14.7. The van der Waals surface area contributed by atoms with Gasteiger partial charge in [-0.25, -0.2) is 0 Å². The molecule has 1 fully saturated rings. The number of furan rings is 1. The van der Waals surface area contributed by atoms with Crippen LogP contribution in [0.2, 0.25) is 5.02 Å². The highest BCUT2D eigenvalue weighted by molar-refractivity contribution is 6.32. The van der Waals surface area contributed by atoms with E-state index in [-0.39, 0.29) is 12.7 Å². The van der Waals surface area contributed by atoms with Gasteiger partial charge in [0.15, 0.2) is 0 Å². The van der Waals surface area contributed by atoms with E-state index in [1.807, 2.05) is 36.4 Å². The molecular formula is C16H18ClNO3. The molecule has 0 radical (unpaired) electrons. The van der Waals surface area contributed by atoms with Crippen molar-refractivity contribution in [2.45, 2.75) is 25.7 Å². The zero-order valence-corrected chi connectivity index (χ0v) is 12.4. The molecule has 0 aliphatic carbocycles. The minimum absolute atomic E-state index is 0.0573. The summed E-state index contributed by atoms with van der Waals surface area (Å²) in [6.45, 7) is 2.49. The normalized spacial score (nSPS) is 19.0. The number of aliphatic hydroxyl groups is 1. The average Bonchev–Trinajstić information content (AvgIpc) is 3.11. The summed E-state index contributed by atoms with van der Waals surface area (Å²) < 4.78 is 11.5. The topological polar surface area (TPSA) is 45.8 Å². The van der Waals surface area contributed by atoms with Crippen LogP contribution in [0.4, 0.5) is 0 Å².